The van der Waals surface area contributed by atoms with E-state index < -0.39 is 0 Å². The molecule has 6 heteroatoms. The molecule has 0 saturated heterocycles. The molecule has 1 aromatic carbocycles. The highest BCUT2D eigenvalue weighted by molar-refractivity contribution is 5.92. The number of anilines is 2. The zero-order valence-electron chi connectivity index (χ0n) is 12.6. The highest BCUT2D eigenvalue weighted by atomic mass is 16.5. The number of benzene rings is 1. The van der Waals surface area contributed by atoms with Crippen LogP contribution in [0.25, 0.3) is 0 Å². The highest BCUT2D eigenvalue weighted by Crippen LogP contribution is 2.30. The topological polar surface area (TPSA) is 86.5 Å². The number of carbonyl (C=O) groups excluding carboxylic acids is 1. The number of ether oxygens (including phenoxy) is 2. The smallest absolute Gasteiger partial charge is 0.230 e. The number of carbonyl (C=O) groups is 1. The zero-order valence-corrected chi connectivity index (χ0v) is 12.6. The largest absolute Gasteiger partial charge is 0.493 e. The Kier molecular flexibility index (Phi) is 5.19. The summed E-state index contributed by atoms with van der Waals surface area (Å²) in [5.74, 6) is 1.05. The normalized spacial score (nSPS) is 10.1. The van der Waals surface area contributed by atoms with Crippen molar-refractivity contribution < 1.29 is 14.3 Å². The van der Waals surface area contributed by atoms with Crippen LogP contribution in [0.3, 0.4) is 0 Å². The predicted molar refractivity (Wildman–Crippen MR) is 85.1 cm³/mol. The minimum absolute atomic E-state index is 0.162. The summed E-state index contributed by atoms with van der Waals surface area (Å²) in [5, 5.41) is 2.81. The molecule has 0 radical (unpaired) electrons. The number of amides is 1. The number of nitrogens with zero attached hydrogens (tertiary/aromatic N) is 1. The first kappa shape index (κ1) is 15.6. The minimum Gasteiger partial charge on any atom is -0.493 e. The Morgan fingerprint density at radius 1 is 1.27 bits per heavy atom. The Hall–Kier alpha value is -2.76. The third-order valence-electron chi connectivity index (χ3n) is 2.94. The second-order valence-electron chi connectivity index (χ2n) is 4.61. The van der Waals surface area contributed by atoms with Crippen molar-refractivity contribution >= 4 is 17.3 Å². The number of nitrogens with one attached hydrogen (secondary N) is 1. The van der Waals surface area contributed by atoms with E-state index in [-0.39, 0.29) is 12.3 Å². The van der Waals surface area contributed by atoms with E-state index in [1.807, 2.05) is 6.92 Å². The van der Waals surface area contributed by atoms with Gasteiger partial charge >= 0.3 is 0 Å². The molecule has 1 amide bonds. The van der Waals surface area contributed by atoms with Gasteiger partial charge in [0.25, 0.3) is 0 Å². The van der Waals surface area contributed by atoms with E-state index in [0.29, 0.717) is 35.2 Å². The van der Waals surface area contributed by atoms with E-state index in [4.69, 9.17) is 15.2 Å². The van der Waals surface area contributed by atoms with Crippen molar-refractivity contribution in [2.75, 3.05) is 24.8 Å². The van der Waals surface area contributed by atoms with Crippen LogP contribution in [0.15, 0.2) is 36.5 Å². The summed E-state index contributed by atoms with van der Waals surface area (Å²) in [6, 6.07) is 8.69. The van der Waals surface area contributed by atoms with E-state index in [1.165, 1.54) is 6.20 Å². The molecule has 0 fully saturated rings. The van der Waals surface area contributed by atoms with Crippen molar-refractivity contribution in [3.8, 4) is 11.5 Å². The van der Waals surface area contributed by atoms with E-state index in [1.54, 1.807) is 37.4 Å². The average Bonchev–Trinajstić information content (AvgIpc) is 2.50. The first-order valence-corrected chi connectivity index (χ1v) is 6.93. The van der Waals surface area contributed by atoms with Crippen molar-refractivity contribution in [2.45, 2.75) is 13.3 Å². The molecular weight excluding hydrogens is 282 g/mol. The number of hydrogen-bond donors (Lipinski definition) is 2. The van der Waals surface area contributed by atoms with Crippen molar-refractivity contribution in [3.63, 3.8) is 0 Å². The lowest BCUT2D eigenvalue weighted by atomic mass is 10.2. The summed E-state index contributed by atoms with van der Waals surface area (Å²) in [5.41, 5.74) is 7.44. The zero-order chi connectivity index (χ0) is 15.9. The van der Waals surface area contributed by atoms with E-state index in [0.717, 1.165) is 0 Å². The standard InChI is InChI=1S/C16H19N3O3/c1-3-22-15-8-13(6-7-14(15)21-2)19-16(20)9-12-5-4-11(17)10-18-12/h4-8,10H,3,9,17H2,1-2H3,(H,19,20). The number of nitrogen functional groups attached to an aromatic ring is 1. The van der Waals surface area contributed by atoms with Gasteiger partial charge in [-0.05, 0) is 31.2 Å². The van der Waals surface area contributed by atoms with Crippen LogP contribution < -0.4 is 20.5 Å². The van der Waals surface area contributed by atoms with E-state index in [2.05, 4.69) is 10.3 Å². The van der Waals surface area contributed by atoms with Gasteiger partial charge in [0.1, 0.15) is 0 Å². The summed E-state index contributed by atoms with van der Waals surface area (Å²) < 4.78 is 10.7. The molecule has 3 N–H and O–H groups in total. The molecule has 0 aliphatic carbocycles. The second-order valence-corrected chi connectivity index (χ2v) is 4.61. The maximum atomic E-state index is 12.0. The van der Waals surface area contributed by atoms with Crippen LogP contribution in [-0.2, 0) is 11.2 Å². The molecule has 1 heterocycles. The van der Waals surface area contributed by atoms with Crippen LogP contribution >= 0.6 is 0 Å². The predicted octanol–water partition coefficient (Wildman–Crippen LogP) is 2.25. The maximum Gasteiger partial charge on any atom is 0.230 e. The molecule has 1 aromatic heterocycles. The molecular formula is C16H19N3O3. The number of aromatic nitrogens is 1. The fourth-order valence-electron chi connectivity index (χ4n) is 1.93. The van der Waals surface area contributed by atoms with Crippen LogP contribution in [0.1, 0.15) is 12.6 Å². The maximum absolute atomic E-state index is 12.0. The van der Waals surface area contributed by atoms with Gasteiger partial charge in [-0.2, -0.15) is 0 Å². The monoisotopic (exact) mass is 301 g/mol. The Morgan fingerprint density at radius 2 is 2.09 bits per heavy atom. The molecule has 116 valence electrons. The van der Waals surface area contributed by atoms with Gasteiger partial charge < -0.3 is 20.5 Å². The molecule has 22 heavy (non-hydrogen) atoms. The fourth-order valence-corrected chi connectivity index (χ4v) is 1.93. The summed E-state index contributed by atoms with van der Waals surface area (Å²) in [7, 11) is 1.57. The Bertz CT molecular complexity index is 642. The number of nitrogens with two attached hydrogens (primary N) is 1. The Morgan fingerprint density at radius 3 is 2.73 bits per heavy atom. The molecule has 6 nitrogen and oxygen atoms in total. The Balaban J connectivity index is 2.04. The van der Waals surface area contributed by atoms with Gasteiger partial charge in [-0.1, -0.05) is 0 Å². The molecule has 0 atom stereocenters. The summed E-state index contributed by atoms with van der Waals surface area (Å²) in [4.78, 5) is 16.1. The van der Waals surface area contributed by atoms with Gasteiger partial charge in [-0.3, -0.25) is 9.78 Å². The van der Waals surface area contributed by atoms with Crippen LogP contribution in [0.5, 0.6) is 11.5 Å². The number of hydrogen-bond acceptors (Lipinski definition) is 5. The SMILES string of the molecule is CCOc1cc(NC(=O)Cc2ccc(N)cn2)ccc1OC. The average molecular weight is 301 g/mol. The summed E-state index contributed by atoms with van der Waals surface area (Å²) in [6.07, 6.45) is 1.71. The lowest BCUT2D eigenvalue weighted by Crippen LogP contribution is -2.15. The van der Waals surface area contributed by atoms with Gasteiger partial charge in [0.2, 0.25) is 5.91 Å². The molecule has 0 aliphatic rings. The fraction of sp³-hybridized carbons (Fsp3) is 0.250. The van der Waals surface area contributed by atoms with E-state index in [9.17, 15) is 4.79 Å². The number of pyridine rings is 1. The van der Waals surface area contributed by atoms with Crippen LogP contribution in [0, 0.1) is 0 Å². The summed E-state index contributed by atoms with van der Waals surface area (Å²) >= 11 is 0. The van der Waals surface area contributed by atoms with Crippen molar-refractivity contribution in [3.05, 3.63) is 42.2 Å². The molecule has 0 bridgehead atoms. The molecule has 2 rings (SSSR count). The highest BCUT2D eigenvalue weighted by Gasteiger charge is 2.09. The number of rotatable bonds is 6. The third kappa shape index (κ3) is 4.12. The van der Waals surface area contributed by atoms with Gasteiger partial charge in [0.05, 0.1) is 32.0 Å². The molecule has 0 saturated carbocycles. The summed E-state index contributed by atoms with van der Waals surface area (Å²) in [6.45, 7) is 2.40. The van der Waals surface area contributed by atoms with Crippen LogP contribution in [0.4, 0.5) is 11.4 Å². The molecule has 0 spiro atoms. The van der Waals surface area contributed by atoms with Gasteiger partial charge in [0, 0.05) is 17.4 Å². The molecule has 0 unspecified atom stereocenters. The van der Waals surface area contributed by atoms with E-state index >= 15 is 0 Å². The van der Waals surface area contributed by atoms with Crippen LogP contribution in [0.2, 0.25) is 0 Å². The second kappa shape index (κ2) is 7.31. The van der Waals surface area contributed by atoms with Crippen molar-refractivity contribution in [2.24, 2.45) is 0 Å². The minimum atomic E-state index is -0.162. The first-order valence-electron chi connectivity index (χ1n) is 6.93. The van der Waals surface area contributed by atoms with Crippen molar-refractivity contribution in [1.82, 2.24) is 4.98 Å². The lowest BCUT2D eigenvalue weighted by molar-refractivity contribution is -0.115. The quantitative estimate of drug-likeness (QED) is 0.854. The lowest BCUT2D eigenvalue weighted by Gasteiger charge is -2.11. The van der Waals surface area contributed by atoms with Gasteiger partial charge in [0.15, 0.2) is 11.5 Å². The van der Waals surface area contributed by atoms with Gasteiger partial charge in [-0.15, -0.1) is 0 Å². The van der Waals surface area contributed by atoms with Crippen molar-refractivity contribution in [1.29, 1.82) is 0 Å². The number of methoxy groups -OCH3 is 1. The first-order chi connectivity index (χ1) is 10.6. The third-order valence-corrected chi connectivity index (χ3v) is 2.94. The molecule has 2 aromatic rings. The van der Waals surface area contributed by atoms with Gasteiger partial charge in [-0.25, -0.2) is 0 Å². The Labute approximate surface area is 129 Å². The molecule has 0 aliphatic heterocycles. The van der Waals surface area contributed by atoms with Crippen LogP contribution in [-0.4, -0.2) is 24.6 Å².